The van der Waals surface area contributed by atoms with Crippen LogP contribution in [-0.4, -0.2) is 24.9 Å². The Morgan fingerprint density at radius 1 is 1.24 bits per heavy atom. The average Bonchev–Trinajstić information content (AvgIpc) is 3.30. The van der Waals surface area contributed by atoms with Crippen LogP contribution in [0.25, 0.3) is 0 Å². The van der Waals surface area contributed by atoms with Gasteiger partial charge in [0, 0.05) is 23.8 Å². The number of anilines is 2. The molecule has 0 atom stereocenters. The van der Waals surface area contributed by atoms with Crippen LogP contribution in [0.5, 0.6) is 0 Å². The van der Waals surface area contributed by atoms with Crippen molar-refractivity contribution in [3.63, 3.8) is 0 Å². The van der Waals surface area contributed by atoms with Gasteiger partial charge in [-0.2, -0.15) is 0 Å². The van der Waals surface area contributed by atoms with Crippen molar-refractivity contribution < 1.29 is 9.59 Å². The maximum Gasteiger partial charge on any atom is 0.239 e. The number of hydrogen-bond acceptors (Lipinski definition) is 3. The summed E-state index contributed by atoms with van der Waals surface area (Å²) < 4.78 is 0. The van der Waals surface area contributed by atoms with Crippen molar-refractivity contribution in [1.82, 2.24) is 5.32 Å². The second-order valence-corrected chi connectivity index (χ2v) is 5.45. The van der Waals surface area contributed by atoms with E-state index in [-0.39, 0.29) is 24.3 Å². The molecule has 1 aromatic carbocycles. The van der Waals surface area contributed by atoms with E-state index in [0.29, 0.717) is 6.54 Å². The minimum atomic E-state index is -0.0244. The van der Waals surface area contributed by atoms with Crippen molar-refractivity contribution in [3.8, 4) is 0 Å². The number of carbonyl (C=O) groups is 2. The van der Waals surface area contributed by atoms with Crippen LogP contribution in [0.1, 0.15) is 31.7 Å². The first kappa shape index (κ1) is 15.4. The third-order valence-electron chi connectivity index (χ3n) is 3.55. The molecule has 0 saturated heterocycles. The van der Waals surface area contributed by atoms with Crippen LogP contribution in [0.2, 0.25) is 0 Å². The lowest BCUT2D eigenvalue weighted by Crippen LogP contribution is -2.30. The largest absolute Gasteiger partial charge is 0.376 e. The second kappa shape index (κ2) is 7.11. The van der Waals surface area contributed by atoms with Gasteiger partial charge in [-0.15, -0.1) is 0 Å². The minimum Gasteiger partial charge on any atom is -0.376 e. The molecule has 1 aliphatic carbocycles. The maximum absolute atomic E-state index is 11.8. The molecule has 0 unspecified atom stereocenters. The Morgan fingerprint density at radius 3 is 2.62 bits per heavy atom. The van der Waals surface area contributed by atoms with E-state index in [0.717, 1.165) is 36.2 Å². The zero-order valence-electron chi connectivity index (χ0n) is 12.7. The highest BCUT2D eigenvalue weighted by molar-refractivity contribution is 5.95. The highest BCUT2D eigenvalue weighted by Crippen LogP contribution is 2.31. The van der Waals surface area contributed by atoms with Crippen molar-refractivity contribution in [2.24, 2.45) is 5.92 Å². The number of rotatable bonds is 7. The quantitative estimate of drug-likeness (QED) is 0.721. The van der Waals surface area contributed by atoms with E-state index in [1.807, 2.05) is 32.0 Å². The number of benzene rings is 1. The molecule has 0 radical (unpaired) electrons. The third kappa shape index (κ3) is 4.48. The number of hydrogen-bond donors (Lipinski definition) is 3. The topological polar surface area (TPSA) is 70.2 Å². The van der Waals surface area contributed by atoms with Crippen LogP contribution in [0.3, 0.4) is 0 Å². The molecule has 5 heteroatoms. The molecule has 0 aliphatic heterocycles. The van der Waals surface area contributed by atoms with Crippen molar-refractivity contribution in [2.75, 3.05) is 23.7 Å². The normalized spacial score (nSPS) is 13.6. The number of amides is 2. The van der Waals surface area contributed by atoms with E-state index in [1.54, 1.807) is 0 Å². The highest BCUT2D eigenvalue weighted by atomic mass is 16.2. The molecule has 114 valence electrons. The lowest BCUT2D eigenvalue weighted by Gasteiger charge is -2.14. The maximum atomic E-state index is 11.8. The van der Waals surface area contributed by atoms with Crippen molar-refractivity contribution >= 4 is 23.2 Å². The zero-order chi connectivity index (χ0) is 15.2. The van der Waals surface area contributed by atoms with E-state index in [1.165, 1.54) is 0 Å². The van der Waals surface area contributed by atoms with E-state index in [9.17, 15) is 9.59 Å². The summed E-state index contributed by atoms with van der Waals surface area (Å²) in [4.78, 5) is 23.4. The fourth-order valence-electron chi connectivity index (χ4n) is 2.05. The van der Waals surface area contributed by atoms with Crippen molar-refractivity contribution in [3.05, 3.63) is 23.8 Å². The molecule has 1 saturated carbocycles. The number of carbonyl (C=O) groups excluding carboxylic acids is 2. The SMILES string of the molecule is CCCNC(=O)CNc1cccc(NC(=O)C2CC2)c1C. The molecule has 0 aromatic heterocycles. The smallest absolute Gasteiger partial charge is 0.239 e. The summed E-state index contributed by atoms with van der Waals surface area (Å²) in [6.45, 7) is 4.89. The first-order valence-electron chi connectivity index (χ1n) is 7.53. The predicted octanol–water partition coefficient (Wildman–Crippen LogP) is 2.28. The summed E-state index contributed by atoms with van der Waals surface area (Å²) in [7, 11) is 0. The Kier molecular flexibility index (Phi) is 5.20. The fourth-order valence-corrected chi connectivity index (χ4v) is 2.05. The van der Waals surface area contributed by atoms with Crippen LogP contribution in [0.15, 0.2) is 18.2 Å². The van der Waals surface area contributed by atoms with Gasteiger partial charge in [0.25, 0.3) is 0 Å². The Bertz CT molecular complexity index is 524. The fraction of sp³-hybridized carbons (Fsp3) is 0.500. The van der Waals surface area contributed by atoms with Gasteiger partial charge >= 0.3 is 0 Å². The van der Waals surface area contributed by atoms with Gasteiger partial charge < -0.3 is 16.0 Å². The Hall–Kier alpha value is -2.04. The molecule has 21 heavy (non-hydrogen) atoms. The van der Waals surface area contributed by atoms with Crippen LogP contribution >= 0.6 is 0 Å². The molecule has 0 heterocycles. The van der Waals surface area contributed by atoms with Crippen LogP contribution in [0, 0.1) is 12.8 Å². The van der Waals surface area contributed by atoms with Crippen molar-refractivity contribution in [1.29, 1.82) is 0 Å². The highest BCUT2D eigenvalue weighted by Gasteiger charge is 2.29. The third-order valence-corrected chi connectivity index (χ3v) is 3.55. The first-order chi connectivity index (χ1) is 10.1. The van der Waals surface area contributed by atoms with Crippen LogP contribution < -0.4 is 16.0 Å². The lowest BCUT2D eigenvalue weighted by atomic mass is 10.1. The summed E-state index contributed by atoms with van der Waals surface area (Å²) >= 11 is 0. The standard InChI is InChI=1S/C16H23N3O2/c1-3-9-17-15(20)10-18-13-5-4-6-14(11(13)2)19-16(21)12-7-8-12/h4-6,12,18H,3,7-10H2,1-2H3,(H,17,20)(H,19,21). The summed E-state index contributed by atoms with van der Waals surface area (Å²) in [5, 5.41) is 8.89. The van der Waals surface area contributed by atoms with Gasteiger partial charge in [-0.1, -0.05) is 13.0 Å². The monoisotopic (exact) mass is 289 g/mol. The summed E-state index contributed by atoms with van der Waals surface area (Å²) in [5.74, 6) is 0.250. The molecule has 1 aliphatic rings. The van der Waals surface area contributed by atoms with Gasteiger partial charge in [0.2, 0.25) is 11.8 Å². The molecule has 1 fully saturated rings. The number of nitrogens with one attached hydrogen (secondary N) is 3. The van der Waals surface area contributed by atoms with Crippen molar-refractivity contribution in [2.45, 2.75) is 33.1 Å². The zero-order valence-corrected chi connectivity index (χ0v) is 12.7. The molecule has 1 aromatic rings. The van der Waals surface area contributed by atoms with E-state index in [4.69, 9.17) is 0 Å². The van der Waals surface area contributed by atoms with Gasteiger partial charge in [-0.05, 0) is 43.9 Å². The second-order valence-electron chi connectivity index (χ2n) is 5.45. The molecule has 2 amide bonds. The Labute approximate surface area is 125 Å². The Morgan fingerprint density at radius 2 is 1.95 bits per heavy atom. The first-order valence-corrected chi connectivity index (χ1v) is 7.53. The summed E-state index contributed by atoms with van der Waals surface area (Å²) in [6.07, 6.45) is 2.90. The van der Waals surface area contributed by atoms with E-state index in [2.05, 4.69) is 16.0 Å². The summed E-state index contributed by atoms with van der Waals surface area (Å²) in [5.41, 5.74) is 2.64. The molecular formula is C16H23N3O2. The van der Waals surface area contributed by atoms with Crippen LogP contribution in [-0.2, 0) is 9.59 Å². The summed E-state index contributed by atoms with van der Waals surface area (Å²) in [6, 6.07) is 5.68. The van der Waals surface area contributed by atoms with Gasteiger partial charge in [-0.3, -0.25) is 9.59 Å². The van der Waals surface area contributed by atoms with Crippen LogP contribution in [0.4, 0.5) is 11.4 Å². The molecule has 5 nitrogen and oxygen atoms in total. The molecular weight excluding hydrogens is 266 g/mol. The van der Waals surface area contributed by atoms with Gasteiger partial charge in [0.1, 0.15) is 0 Å². The average molecular weight is 289 g/mol. The molecule has 0 bridgehead atoms. The molecule has 0 spiro atoms. The molecule has 3 N–H and O–H groups in total. The van der Waals surface area contributed by atoms with Gasteiger partial charge in [0.15, 0.2) is 0 Å². The Balaban J connectivity index is 1.93. The van der Waals surface area contributed by atoms with E-state index < -0.39 is 0 Å². The minimum absolute atomic E-state index is 0.0244. The van der Waals surface area contributed by atoms with Gasteiger partial charge in [-0.25, -0.2) is 0 Å². The van der Waals surface area contributed by atoms with Gasteiger partial charge in [0.05, 0.1) is 6.54 Å². The predicted molar refractivity (Wildman–Crippen MR) is 84.3 cm³/mol. The van der Waals surface area contributed by atoms with E-state index >= 15 is 0 Å². The molecule has 2 rings (SSSR count). The lowest BCUT2D eigenvalue weighted by molar-refractivity contribution is -0.119.